The molecule has 4 rings (SSSR count). The molecule has 0 unspecified atom stereocenters. The molecule has 0 fully saturated rings. The third-order valence-corrected chi connectivity index (χ3v) is 3.36. The van der Waals surface area contributed by atoms with Crippen molar-refractivity contribution in [2.24, 2.45) is 0 Å². The molecule has 3 aromatic heterocycles. The zero-order chi connectivity index (χ0) is 13.5. The van der Waals surface area contributed by atoms with Gasteiger partial charge in [0.1, 0.15) is 5.75 Å². The Bertz CT molecular complexity index is 908. The van der Waals surface area contributed by atoms with Gasteiger partial charge in [-0.15, -0.1) is 0 Å². The fourth-order valence-corrected chi connectivity index (χ4v) is 2.40. The molecule has 0 aliphatic heterocycles. The lowest BCUT2D eigenvalue weighted by molar-refractivity contribution is 0.420. The topological polar surface area (TPSA) is 68.1 Å². The Morgan fingerprint density at radius 1 is 1.20 bits per heavy atom. The first-order valence-corrected chi connectivity index (χ1v) is 6.17. The first kappa shape index (κ1) is 11.0. The van der Waals surface area contributed by atoms with Crippen LogP contribution in [0.25, 0.3) is 27.5 Å². The summed E-state index contributed by atoms with van der Waals surface area (Å²) in [5.74, 6) is 0.787. The lowest BCUT2D eigenvalue weighted by atomic mass is 10.1. The maximum absolute atomic E-state index is 5.43. The number of fused-ring (bicyclic) bond motifs is 2. The molecule has 0 bridgehead atoms. The van der Waals surface area contributed by atoms with E-state index in [-0.39, 0.29) is 0 Å². The van der Waals surface area contributed by atoms with E-state index in [1.807, 2.05) is 24.3 Å². The minimum atomic E-state index is 0.787. The Hall–Kier alpha value is -2.89. The van der Waals surface area contributed by atoms with Crippen LogP contribution in [0.4, 0.5) is 0 Å². The van der Waals surface area contributed by atoms with Crippen LogP contribution in [-0.2, 0) is 0 Å². The maximum Gasteiger partial charge on any atom is 0.130 e. The van der Waals surface area contributed by atoms with Crippen molar-refractivity contribution >= 4 is 16.4 Å². The van der Waals surface area contributed by atoms with Gasteiger partial charge in [0.15, 0.2) is 0 Å². The standard InChI is InChI=1S/C14H11N5O/c1-20-14-6-9(5-12-11(14)7-15-18-12)10-8-17-19-13(10)3-2-4-16-19/h2-8H,1H3,(H,15,18). The van der Waals surface area contributed by atoms with Crippen molar-refractivity contribution in [2.45, 2.75) is 0 Å². The molecule has 0 saturated carbocycles. The van der Waals surface area contributed by atoms with E-state index in [2.05, 4.69) is 20.4 Å². The monoisotopic (exact) mass is 265 g/mol. The van der Waals surface area contributed by atoms with Crippen molar-refractivity contribution in [2.75, 3.05) is 7.11 Å². The van der Waals surface area contributed by atoms with E-state index < -0.39 is 0 Å². The van der Waals surface area contributed by atoms with Gasteiger partial charge in [-0.25, -0.2) is 0 Å². The molecule has 98 valence electrons. The van der Waals surface area contributed by atoms with Crippen LogP contribution in [0.15, 0.2) is 42.9 Å². The SMILES string of the molecule is COc1cc(-c2cnn3ncccc23)cc2[nH]ncc12. The number of methoxy groups -OCH3 is 1. The van der Waals surface area contributed by atoms with Crippen LogP contribution in [-0.4, -0.2) is 32.1 Å². The summed E-state index contributed by atoms with van der Waals surface area (Å²) in [7, 11) is 1.66. The second-order valence-electron chi connectivity index (χ2n) is 4.47. The van der Waals surface area contributed by atoms with Gasteiger partial charge in [0, 0.05) is 11.8 Å². The van der Waals surface area contributed by atoms with Gasteiger partial charge in [0.05, 0.1) is 35.9 Å². The summed E-state index contributed by atoms with van der Waals surface area (Å²) >= 11 is 0. The van der Waals surface area contributed by atoms with Crippen molar-refractivity contribution in [3.63, 3.8) is 0 Å². The van der Waals surface area contributed by atoms with E-state index in [1.54, 1.807) is 30.3 Å². The van der Waals surface area contributed by atoms with Gasteiger partial charge in [-0.05, 0) is 29.8 Å². The van der Waals surface area contributed by atoms with Gasteiger partial charge in [-0.2, -0.15) is 19.9 Å². The molecule has 6 nitrogen and oxygen atoms in total. The highest BCUT2D eigenvalue weighted by atomic mass is 16.5. The molecule has 0 saturated heterocycles. The fraction of sp³-hybridized carbons (Fsp3) is 0.0714. The molecule has 3 heterocycles. The highest BCUT2D eigenvalue weighted by molar-refractivity contribution is 5.92. The van der Waals surface area contributed by atoms with Gasteiger partial charge in [0.25, 0.3) is 0 Å². The third kappa shape index (κ3) is 1.48. The number of H-pyrrole nitrogens is 1. The van der Waals surface area contributed by atoms with Crippen LogP contribution >= 0.6 is 0 Å². The first-order chi connectivity index (χ1) is 9.86. The third-order valence-electron chi connectivity index (χ3n) is 3.36. The van der Waals surface area contributed by atoms with E-state index in [0.29, 0.717) is 0 Å². The molecule has 0 aliphatic carbocycles. The van der Waals surface area contributed by atoms with E-state index in [0.717, 1.165) is 33.3 Å². The second-order valence-corrected chi connectivity index (χ2v) is 4.47. The summed E-state index contributed by atoms with van der Waals surface area (Å²) in [6.45, 7) is 0. The van der Waals surface area contributed by atoms with Crippen molar-refractivity contribution < 1.29 is 4.74 Å². The molecule has 4 aromatic rings. The number of aromatic nitrogens is 5. The summed E-state index contributed by atoms with van der Waals surface area (Å²) in [6, 6.07) is 7.90. The van der Waals surface area contributed by atoms with Gasteiger partial charge < -0.3 is 4.74 Å². The number of ether oxygens (including phenoxy) is 1. The molecule has 0 atom stereocenters. The number of aromatic amines is 1. The Morgan fingerprint density at radius 2 is 2.15 bits per heavy atom. The average Bonchev–Trinajstić information content (AvgIpc) is 3.12. The number of nitrogens with one attached hydrogen (secondary N) is 1. The Morgan fingerprint density at radius 3 is 3.05 bits per heavy atom. The zero-order valence-corrected chi connectivity index (χ0v) is 10.7. The van der Waals surface area contributed by atoms with Crippen LogP contribution < -0.4 is 4.74 Å². The molecule has 20 heavy (non-hydrogen) atoms. The Labute approximate surface area is 114 Å². The van der Waals surface area contributed by atoms with Gasteiger partial charge in [-0.1, -0.05) is 0 Å². The summed E-state index contributed by atoms with van der Waals surface area (Å²) < 4.78 is 7.04. The van der Waals surface area contributed by atoms with E-state index in [4.69, 9.17) is 4.74 Å². The minimum Gasteiger partial charge on any atom is -0.496 e. The molecule has 6 heteroatoms. The van der Waals surface area contributed by atoms with Crippen LogP contribution in [0, 0.1) is 0 Å². The predicted octanol–water partition coefficient (Wildman–Crippen LogP) is 2.28. The highest BCUT2D eigenvalue weighted by Crippen LogP contribution is 2.32. The predicted molar refractivity (Wildman–Crippen MR) is 74.6 cm³/mol. The van der Waals surface area contributed by atoms with E-state index >= 15 is 0 Å². The molecular weight excluding hydrogens is 254 g/mol. The number of rotatable bonds is 2. The van der Waals surface area contributed by atoms with Crippen molar-refractivity contribution in [3.8, 4) is 16.9 Å². The minimum absolute atomic E-state index is 0.787. The fourth-order valence-electron chi connectivity index (χ4n) is 2.40. The van der Waals surface area contributed by atoms with Crippen LogP contribution in [0.2, 0.25) is 0 Å². The normalized spacial score (nSPS) is 11.2. The number of hydrogen-bond acceptors (Lipinski definition) is 4. The van der Waals surface area contributed by atoms with E-state index in [9.17, 15) is 0 Å². The quantitative estimate of drug-likeness (QED) is 0.603. The molecule has 1 aromatic carbocycles. The molecule has 0 amide bonds. The van der Waals surface area contributed by atoms with Gasteiger partial charge >= 0.3 is 0 Å². The first-order valence-electron chi connectivity index (χ1n) is 6.17. The summed E-state index contributed by atoms with van der Waals surface area (Å²) in [4.78, 5) is 0. The second kappa shape index (κ2) is 4.06. The van der Waals surface area contributed by atoms with E-state index in [1.165, 1.54) is 0 Å². The molecule has 1 N–H and O–H groups in total. The number of benzene rings is 1. The van der Waals surface area contributed by atoms with Crippen LogP contribution in [0.1, 0.15) is 0 Å². The smallest absolute Gasteiger partial charge is 0.130 e. The average molecular weight is 265 g/mol. The Balaban J connectivity index is 2.02. The van der Waals surface area contributed by atoms with Gasteiger partial charge in [0.2, 0.25) is 0 Å². The maximum atomic E-state index is 5.43. The molecule has 0 radical (unpaired) electrons. The Kier molecular flexibility index (Phi) is 2.23. The summed E-state index contributed by atoms with van der Waals surface area (Å²) in [6.07, 6.45) is 5.28. The van der Waals surface area contributed by atoms with Crippen molar-refractivity contribution in [3.05, 3.63) is 42.9 Å². The lowest BCUT2D eigenvalue weighted by Gasteiger charge is -2.05. The summed E-state index contributed by atoms with van der Waals surface area (Å²) in [5.41, 5.74) is 3.91. The lowest BCUT2D eigenvalue weighted by Crippen LogP contribution is -1.90. The van der Waals surface area contributed by atoms with Crippen LogP contribution in [0.3, 0.4) is 0 Å². The van der Waals surface area contributed by atoms with Crippen molar-refractivity contribution in [1.29, 1.82) is 0 Å². The zero-order valence-electron chi connectivity index (χ0n) is 10.7. The largest absolute Gasteiger partial charge is 0.496 e. The molecule has 0 aliphatic rings. The highest BCUT2D eigenvalue weighted by Gasteiger charge is 2.11. The molecular formula is C14H11N5O. The van der Waals surface area contributed by atoms with Gasteiger partial charge in [-0.3, -0.25) is 5.10 Å². The van der Waals surface area contributed by atoms with Crippen molar-refractivity contribution in [1.82, 2.24) is 25.0 Å². The van der Waals surface area contributed by atoms with Crippen LogP contribution in [0.5, 0.6) is 5.75 Å². The number of hydrogen-bond donors (Lipinski definition) is 1. The molecule has 0 spiro atoms. The number of nitrogens with zero attached hydrogens (tertiary/aromatic N) is 4. The summed E-state index contributed by atoms with van der Waals surface area (Å²) in [5, 5.41) is 16.4.